The molecule has 6 heteroatoms. The third-order valence-electron chi connectivity index (χ3n) is 3.13. The zero-order chi connectivity index (χ0) is 15.5. The van der Waals surface area contributed by atoms with Gasteiger partial charge in [-0.1, -0.05) is 13.3 Å². The molecule has 1 N–H and O–H groups in total. The molecule has 116 valence electrons. The predicted octanol–water partition coefficient (Wildman–Crippen LogP) is 2.23. The van der Waals surface area contributed by atoms with Gasteiger partial charge in [-0.05, 0) is 13.3 Å². The number of hydrogen-bond acceptors (Lipinski definition) is 6. The normalized spacial score (nSPS) is 10.2. The molecule has 0 fully saturated rings. The molecule has 0 unspecified atom stereocenters. The number of rotatable bonds is 10. The summed E-state index contributed by atoms with van der Waals surface area (Å²) >= 11 is 0. The van der Waals surface area contributed by atoms with Gasteiger partial charge in [-0.2, -0.15) is 5.26 Å². The highest BCUT2D eigenvalue weighted by Crippen LogP contribution is 2.25. The molecule has 0 radical (unpaired) electrons. The number of ether oxygens (including phenoxy) is 1. The maximum atomic E-state index is 8.85. The van der Waals surface area contributed by atoms with Crippen LogP contribution in [0.4, 0.5) is 11.6 Å². The quantitative estimate of drug-likeness (QED) is 0.712. The lowest BCUT2D eigenvalue weighted by molar-refractivity contribution is 0.205. The summed E-state index contributed by atoms with van der Waals surface area (Å²) in [7, 11) is 1.68. The van der Waals surface area contributed by atoms with E-state index >= 15 is 0 Å². The Kier molecular flexibility index (Phi) is 8.14. The lowest BCUT2D eigenvalue weighted by Gasteiger charge is -2.25. The number of nitriles is 1. The van der Waals surface area contributed by atoms with Crippen LogP contribution in [0.1, 0.15) is 32.3 Å². The average molecular weight is 291 g/mol. The Morgan fingerprint density at radius 3 is 2.76 bits per heavy atom. The number of aromatic nitrogens is 2. The van der Waals surface area contributed by atoms with Gasteiger partial charge in [0.2, 0.25) is 0 Å². The van der Waals surface area contributed by atoms with Crippen LogP contribution in [0.5, 0.6) is 0 Å². The zero-order valence-corrected chi connectivity index (χ0v) is 13.2. The summed E-state index contributed by atoms with van der Waals surface area (Å²) in [5, 5.41) is 12.1. The fourth-order valence-corrected chi connectivity index (χ4v) is 2.19. The van der Waals surface area contributed by atoms with Crippen molar-refractivity contribution in [2.45, 2.75) is 33.1 Å². The molecule has 0 aromatic carbocycles. The highest BCUT2D eigenvalue weighted by Gasteiger charge is 2.16. The maximum absolute atomic E-state index is 8.85. The van der Waals surface area contributed by atoms with Crippen molar-refractivity contribution in [1.29, 1.82) is 5.26 Å². The summed E-state index contributed by atoms with van der Waals surface area (Å²) in [5.74, 6) is 1.80. The molecule has 0 bridgehead atoms. The Hall–Kier alpha value is -1.87. The molecule has 1 aromatic heterocycles. The summed E-state index contributed by atoms with van der Waals surface area (Å²) in [6, 6.07) is 2.19. The second-order valence-electron chi connectivity index (χ2n) is 4.69. The van der Waals surface area contributed by atoms with Gasteiger partial charge in [0.05, 0.1) is 19.1 Å². The van der Waals surface area contributed by atoms with Crippen molar-refractivity contribution < 1.29 is 4.74 Å². The van der Waals surface area contributed by atoms with E-state index in [1.807, 2.05) is 0 Å². The smallest absolute Gasteiger partial charge is 0.137 e. The molecule has 0 amide bonds. The largest absolute Gasteiger partial charge is 0.383 e. The van der Waals surface area contributed by atoms with E-state index in [4.69, 9.17) is 10.00 Å². The van der Waals surface area contributed by atoms with Crippen LogP contribution in [0.2, 0.25) is 0 Å². The van der Waals surface area contributed by atoms with Gasteiger partial charge in [-0.3, -0.25) is 0 Å². The van der Waals surface area contributed by atoms with Crippen LogP contribution in [0.25, 0.3) is 0 Å². The highest BCUT2D eigenvalue weighted by molar-refractivity contribution is 5.59. The minimum absolute atomic E-state index is 0.468. The van der Waals surface area contributed by atoms with E-state index in [0.717, 1.165) is 43.1 Å². The second-order valence-corrected chi connectivity index (χ2v) is 4.69. The minimum atomic E-state index is 0.468. The molecule has 1 aromatic rings. The van der Waals surface area contributed by atoms with Gasteiger partial charge in [-0.25, -0.2) is 9.97 Å². The Balaban J connectivity index is 3.08. The van der Waals surface area contributed by atoms with E-state index in [1.165, 1.54) is 0 Å². The summed E-state index contributed by atoms with van der Waals surface area (Å²) < 4.78 is 5.17. The van der Waals surface area contributed by atoms with Crippen LogP contribution >= 0.6 is 0 Å². The zero-order valence-electron chi connectivity index (χ0n) is 13.2. The number of nitrogens with zero attached hydrogens (tertiary/aromatic N) is 4. The van der Waals surface area contributed by atoms with Gasteiger partial charge in [0, 0.05) is 32.3 Å². The van der Waals surface area contributed by atoms with Crippen LogP contribution in [-0.4, -0.2) is 43.3 Å². The van der Waals surface area contributed by atoms with Gasteiger partial charge >= 0.3 is 0 Å². The van der Waals surface area contributed by atoms with Crippen molar-refractivity contribution in [3.63, 3.8) is 0 Å². The third-order valence-corrected chi connectivity index (χ3v) is 3.13. The molecule has 1 heterocycles. The Labute approximate surface area is 127 Å². The molecule has 0 saturated carbocycles. The molecule has 6 nitrogen and oxygen atoms in total. The lowest BCUT2D eigenvalue weighted by atomic mass is 10.1. The fourth-order valence-electron chi connectivity index (χ4n) is 2.19. The van der Waals surface area contributed by atoms with E-state index in [9.17, 15) is 0 Å². The monoisotopic (exact) mass is 291 g/mol. The molecule has 0 aliphatic rings. The first-order valence-corrected chi connectivity index (χ1v) is 7.47. The molecule has 0 aliphatic heterocycles. The lowest BCUT2D eigenvalue weighted by Crippen LogP contribution is -2.30. The van der Waals surface area contributed by atoms with Gasteiger partial charge in [0.15, 0.2) is 0 Å². The summed E-state index contributed by atoms with van der Waals surface area (Å²) in [5.41, 5.74) is 1.12. The number of nitrogens with one attached hydrogen (secondary N) is 1. The molecule has 0 aliphatic carbocycles. The highest BCUT2D eigenvalue weighted by atomic mass is 16.5. The summed E-state index contributed by atoms with van der Waals surface area (Å²) in [6.07, 6.45) is 3.98. The standard InChI is InChI=1S/C15H25N5O/c1-4-7-13-14(17-5-2)18-12-19-15(13)20(9-6-8-16)10-11-21-3/h12H,4-7,9-11H2,1-3H3,(H,17,18,19). The second kappa shape index (κ2) is 9.94. The van der Waals surface area contributed by atoms with E-state index in [-0.39, 0.29) is 0 Å². The first-order chi connectivity index (χ1) is 10.3. The Bertz CT molecular complexity index is 458. The molecular weight excluding hydrogens is 266 g/mol. The van der Waals surface area contributed by atoms with E-state index in [1.54, 1.807) is 13.4 Å². The van der Waals surface area contributed by atoms with Crippen molar-refractivity contribution in [1.82, 2.24) is 9.97 Å². The maximum Gasteiger partial charge on any atom is 0.137 e. The van der Waals surface area contributed by atoms with E-state index < -0.39 is 0 Å². The van der Waals surface area contributed by atoms with Crippen molar-refractivity contribution in [2.75, 3.05) is 43.6 Å². The van der Waals surface area contributed by atoms with Crippen molar-refractivity contribution in [2.24, 2.45) is 0 Å². The van der Waals surface area contributed by atoms with Gasteiger partial charge < -0.3 is 15.0 Å². The van der Waals surface area contributed by atoms with E-state index in [0.29, 0.717) is 19.6 Å². The minimum Gasteiger partial charge on any atom is -0.383 e. The number of methoxy groups -OCH3 is 1. The van der Waals surface area contributed by atoms with Crippen LogP contribution in [0.3, 0.4) is 0 Å². The topological polar surface area (TPSA) is 74.1 Å². The first-order valence-electron chi connectivity index (χ1n) is 7.47. The van der Waals surface area contributed by atoms with Crippen molar-refractivity contribution in [3.8, 4) is 6.07 Å². The summed E-state index contributed by atoms with van der Waals surface area (Å²) in [4.78, 5) is 10.9. The van der Waals surface area contributed by atoms with Crippen molar-refractivity contribution in [3.05, 3.63) is 11.9 Å². The Morgan fingerprint density at radius 2 is 2.14 bits per heavy atom. The van der Waals surface area contributed by atoms with Gasteiger partial charge in [0.25, 0.3) is 0 Å². The first kappa shape index (κ1) is 17.2. The molecular formula is C15H25N5O. The Morgan fingerprint density at radius 1 is 1.33 bits per heavy atom. The van der Waals surface area contributed by atoms with Crippen LogP contribution in [0, 0.1) is 11.3 Å². The van der Waals surface area contributed by atoms with Crippen LogP contribution in [0.15, 0.2) is 6.33 Å². The SMILES string of the molecule is CCCc1c(NCC)ncnc1N(CCC#N)CCOC. The molecule has 21 heavy (non-hydrogen) atoms. The van der Waals surface area contributed by atoms with Gasteiger partial charge in [0.1, 0.15) is 18.0 Å². The van der Waals surface area contributed by atoms with E-state index in [2.05, 4.69) is 40.1 Å². The van der Waals surface area contributed by atoms with Crippen LogP contribution < -0.4 is 10.2 Å². The molecule has 0 spiro atoms. The average Bonchev–Trinajstić information content (AvgIpc) is 2.50. The van der Waals surface area contributed by atoms with Crippen molar-refractivity contribution >= 4 is 11.6 Å². The van der Waals surface area contributed by atoms with Crippen LogP contribution in [-0.2, 0) is 11.2 Å². The molecule has 1 rings (SSSR count). The molecule has 0 atom stereocenters. The van der Waals surface area contributed by atoms with Gasteiger partial charge in [-0.15, -0.1) is 0 Å². The fraction of sp³-hybridized carbons (Fsp3) is 0.667. The predicted molar refractivity (Wildman–Crippen MR) is 84.5 cm³/mol. The number of anilines is 2. The number of hydrogen-bond donors (Lipinski definition) is 1. The molecule has 0 saturated heterocycles. The summed E-state index contributed by atoms with van der Waals surface area (Å²) in [6.45, 7) is 6.99. The third kappa shape index (κ3) is 5.20.